The molecule has 2 aromatic carbocycles. The molecule has 36 heavy (non-hydrogen) atoms. The number of hydrogen-bond acceptors (Lipinski definition) is 8. The predicted molar refractivity (Wildman–Crippen MR) is 134 cm³/mol. The molecule has 1 aliphatic rings. The smallest absolute Gasteiger partial charge is 0.337 e. The summed E-state index contributed by atoms with van der Waals surface area (Å²) in [7, 11) is 2.38. The van der Waals surface area contributed by atoms with Crippen LogP contribution in [-0.4, -0.2) is 43.7 Å². The van der Waals surface area contributed by atoms with E-state index < -0.39 is 35.6 Å². The third-order valence-electron chi connectivity index (χ3n) is 5.23. The molecule has 2 aromatic rings. The van der Waals surface area contributed by atoms with Gasteiger partial charge >= 0.3 is 11.9 Å². The molecular weight excluding hydrogens is 529 g/mol. The lowest BCUT2D eigenvalue weighted by molar-refractivity contribution is -0.150. The second-order valence-electron chi connectivity index (χ2n) is 7.40. The Morgan fingerprint density at radius 1 is 1.08 bits per heavy atom. The minimum Gasteiger partial charge on any atom is -0.468 e. The van der Waals surface area contributed by atoms with Crippen molar-refractivity contribution in [2.24, 2.45) is 5.92 Å². The Balaban J connectivity index is 1.90. The Morgan fingerprint density at radius 2 is 1.78 bits per heavy atom. The summed E-state index contributed by atoms with van der Waals surface area (Å²) in [4.78, 5) is 49.7. The summed E-state index contributed by atoms with van der Waals surface area (Å²) in [6.45, 7) is 0. The molecule has 2 atom stereocenters. The van der Waals surface area contributed by atoms with Gasteiger partial charge in [-0.3, -0.25) is 14.4 Å². The molecule has 1 heterocycles. The highest BCUT2D eigenvalue weighted by Crippen LogP contribution is 2.40. The van der Waals surface area contributed by atoms with Crippen LogP contribution in [-0.2, 0) is 23.9 Å². The predicted octanol–water partition coefficient (Wildman–Crippen LogP) is 3.89. The van der Waals surface area contributed by atoms with E-state index in [2.05, 4.69) is 10.6 Å². The molecule has 3 rings (SSSR count). The standard InChI is InChI=1S/C24H19Cl2N3O6S/c1-34-23(32)13-5-3-12(4-6-13)19-15(10-27)22(29-21(31)20(19)24(33)35-2)36-11-18(30)28-14-7-8-16(25)17(26)9-14/h3-9,19-20H,11H2,1-2H3,(H,28,30)(H,29,31)/t19-,20-/m1/s1. The number of carbonyl (C=O) groups excluding carboxylic acids is 4. The van der Waals surface area contributed by atoms with Crippen LogP contribution in [0.4, 0.5) is 5.69 Å². The number of rotatable bonds is 7. The van der Waals surface area contributed by atoms with Crippen LogP contribution < -0.4 is 10.6 Å². The number of amides is 2. The summed E-state index contributed by atoms with van der Waals surface area (Å²) < 4.78 is 9.50. The number of methoxy groups -OCH3 is 2. The van der Waals surface area contributed by atoms with Gasteiger partial charge in [0.15, 0.2) is 0 Å². The Hall–Kier alpha value is -3.52. The topological polar surface area (TPSA) is 135 Å². The zero-order valence-electron chi connectivity index (χ0n) is 19.0. The zero-order valence-corrected chi connectivity index (χ0v) is 21.3. The zero-order chi connectivity index (χ0) is 26.4. The first-order valence-electron chi connectivity index (χ1n) is 10.3. The van der Waals surface area contributed by atoms with E-state index in [1.54, 1.807) is 6.07 Å². The van der Waals surface area contributed by atoms with E-state index in [9.17, 15) is 24.4 Å². The Kier molecular flexibility index (Phi) is 8.98. The number of nitriles is 1. The summed E-state index contributed by atoms with van der Waals surface area (Å²) in [6.07, 6.45) is 0. The monoisotopic (exact) mass is 547 g/mol. The number of halogens is 2. The van der Waals surface area contributed by atoms with E-state index in [4.69, 9.17) is 32.7 Å². The molecular formula is C24H19Cl2N3O6S. The lowest BCUT2D eigenvalue weighted by Crippen LogP contribution is -2.44. The third-order valence-corrected chi connectivity index (χ3v) is 6.98. The normalized spacial score (nSPS) is 17.0. The summed E-state index contributed by atoms with van der Waals surface area (Å²) >= 11 is 12.8. The number of nitrogens with zero attached hydrogens (tertiary/aromatic N) is 1. The number of hydrogen-bond donors (Lipinski definition) is 2. The highest BCUT2D eigenvalue weighted by molar-refractivity contribution is 8.03. The number of nitrogens with one attached hydrogen (secondary N) is 2. The second kappa shape index (κ2) is 11.9. The van der Waals surface area contributed by atoms with Gasteiger partial charge in [0.1, 0.15) is 5.92 Å². The van der Waals surface area contributed by atoms with Crippen molar-refractivity contribution < 1.29 is 28.7 Å². The van der Waals surface area contributed by atoms with Crippen molar-refractivity contribution in [2.75, 3.05) is 25.3 Å². The van der Waals surface area contributed by atoms with Crippen LogP contribution in [0.3, 0.4) is 0 Å². The van der Waals surface area contributed by atoms with E-state index in [1.807, 2.05) is 6.07 Å². The largest absolute Gasteiger partial charge is 0.468 e. The fourth-order valence-electron chi connectivity index (χ4n) is 3.53. The van der Waals surface area contributed by atoms with Crippen molar-refractivity contribution in [3.63, 3.8) is 0 Å². The maximum Gasteiger partial charge on any atom is 0.337 e. The SMILES string of the molecule is COC(=O)c1ccc([C@@H]2C(C#N)=C(SCC(=O)Nc3ccc(Cl)c(Cl)c3)NC(=O)[C@@H]2C(=O)OC)cc1. The molecule has 9 nitrogen and oxygen atoms in total. The molecule has 0 radical (unpaired) electrons. The molecule has 12 heteroatoms. The highest BCUT2D eigenvalue weighted by Gasteiger charge is 2.44. The van der Waals surface area contributed by atoms with E-state index in [0.29, 0.717) is 16.3 Å². The van der Waals surface area contributed by atoms with Gasteiger partial charge in [0, 0.05) is 11.6 Å². The van der Waals surface area contributed by atoms with Crippen LogP contribution in [0.2, 0.25) is 10.0 Å². The number of allylic oxidation sites excluding steroid dienone is 1. The molecule has 0 saturated heterocycles. The average molecular weight is 548 g/mol. The van der Waals surface area contributed by atoms with Crippen molar-refractivity contribution in [3.8, 4) is 6.07 Å². The molecule has 2 amide bonds. The molecule has 0 fully saturated rings. The molecule has 0 spiro atoms. The van der Waals surface area contributed by atoms with Crippen molar-refractivity contribution in [2.45, 2.75) is 5.92 Å². The van der Waals surface area contributed by atoms with Gasteiger partial charge in [-0.05, 0) is 35.9 Å². The Bertz CT molecular complexity index is 1290. The number of benzene rings is 2. The number of esters is 2. The molecule has 0 unspecified atom stereocenters. The summed E-state index contributed by atoms with van der Waals surface area (Å²) in [5, 5.41) is 15.9. The van der Waals surface area contributed by atoms with Crippen LogP contribution in [0.15, 0.2) is 53.1 Å². The average Bonchev–Trinajstić information content (AvgIpc) is 2.88. The van der Waals surface area contributed by atoms with Crippen LogP contribution in [0.25, 0.3) is 0 Å². The van der Waals surface area contributed by atoms with Crippen LogP contribution in [0.1, 0.15) is 21.8 Å². The molecule has 0 aliphatic carbocycles. The van der Waals surface area contributed by atoms with Gasteiger partial charge in [0.05, 0.1) is 52.3 Å². The first kappa shape index (κ1) is 27.1. The lowest BCUT2D eigenvalue weighted by Gasteiger charge is -2.31. The first-order chi connectivity index (χ1) is 17.2. The van der Waals surface area contributed by atoms with Gasteiger partial charge in [-0.25, -0.2) is 4.79 Å². The van der Waals surface area contributed by atoms with Gasteiger partial charge in [-0.15, -0.1) is 0 Å². The Labute approximate surface area is 220 Å². The highest BCUT2D eigenvalue weighted by atomic mass is 35.5. The van der Waals surface area contributed by atoms with E-state index in [1.165, 1.54) is 43.5 Å². The fraction of sp³-hybridized carbons (Fsp3) is 0.208. The van der Waals surface area contributed by atoms with Crippen LogP contribution in [0.5, 0.6) is 0 Å². The maximum absolute atomic E-state index is 12.9. The second-order valence-corrected chi connectivity index (χ2v) is 9.20. The molecule has 0 bridgehead atoms. The summed E-state index contributed by atoms with van der Waals surface area (Å²) in [6, 6.07) is 12.6. The number of ether oxygens (including phenoxy) is 2. The minimum atomic E-state index is -1.34. The first-order valence-corrected chi connectivity index (χ1v) is 12.0. The maximum atomic E-state index is 12.9. The van der Waals surface area contributed by atoms with Crippen LogP contribution in [0, 0.1) is 17.2 Å². The van der Waals surface area contributed by atoms with Gasteiger partial charge in [0.2, 0.25) is 11.8 Å². The van der Waals surface area contributed by atoms with Gasteiger partial charge in [-0.2, -0.15) is 5.26 Å². The number of thioether (sulfide) groups is 1. The summed E-state index contributed by atoms with van der Waals surface area (Å²) in [5.41, 5.74) is 1.18. The van der Waals surface area contributed by atoms with Gasteiger partial charge in [0.25, 0.3) is 0 Å². The number of carbonyl (C=O) groups is 4. The molecule has 0 aromatic heterocycles. The quantitative estimate of drug-likeness (QED) is 0.393. The summed E-state index contributed by atoms with van der Waals surface area (Å²) in [5.74, 6) is -5.00. The van der Waals surface area contributed by atoms with E-state index in [-0.39, 0.29) is 26.9 Å². The van der Waals surface area contributed by atoms with Crippen molar-refractivity contribution in [3.05, 3.63) is 74.2 Å². The molecule has 2 N–H and O–H groups in total. The van der Waals surface area contributed by atoms with Crippen LogP contribution >= 0.6 is 35.0 Å². The number of anilines is 1. The molecule has 0 saturated carbocycles. The minimum absolute atomic E-state index is 0.0724. The van der Waals surface area contributed by atoms with Gasteiger partial charge < -0.3 is 20.1 Å². The van der Waals surface area contributed by atoms with Crippen molar-refractivity contribution in [1.29, 1.82) is 5.26 Å². The van der Waals surface area contributed by atoms with E-state index >= 15 is 0 Å². The third kappa shape index (κ3) is 5.99. The van der Waals surface area contributed by atoms with Gasteiger partial charge in [-0.1, -0.05) is 47.1 Å². The fourth-order valence-corrected chi connectivity index (χ4v) is 4.68. The molecule has 186 valence electrons. The lowest BCUT2D eigenvalue weighted by atomic mass is 9.78. The van der Waals surface area contributed by atoms with E-state index in [0.717, 1.165) is 18.9 Å². The van der Waals surface area contributed by atoms with Crippen molar-refractivity contribution >= 4 is 64.4 Å². The van der Waals surface area contributed by atoms with Crippen molar-refractivity contribution in [1.82, 2.24) is 5.32 Å². The Morgan fingerprint density at radius 3 is 2.36 bits per heavy atom. The molecule has 1 aliphatic heterocycles.